The Balaban J connectivity index is 2.10. The van der Waals surface area contributed by atoms with Gasteiger partial charge in [-0.3, -0.25) is 0 Å². The Labute approximate surface area is 109 Å². The summed E-state index contributed by atoms with van der Waals surface area (Å²) in [6.07, 6.45) is 1.30. The fourth-order valence-corrected chi connectivity index (χ4v) is 2.52. The SMILES string of the molecule is CC(C)C(NC1CCOC1C)c1ccc(F)cc1. The van der Waals surface area contributed by atoms with E-state index < -0.39 is 0 Å². The van der Waals surface area contributed by atoms with Crippen molar-refractivity contribution in [3.63, 3.8) is 0 Å². The number of nitrogens with one attached hydrogen (secondary N) is 1. The van der Waals surface area contributed by atoms with Crippen LogP contribution in [0.5, 0.6) is 0 Å². The first kappa shape index (κ1) is 13.5. The highest BCUT2D eigenvalue weighted by atomic mass is 19.1. The first-order chi connectivity index (χ1) is 8.58. The van der Waals surface area contributed by atoms with Crippen LogP contribution in [0.3, 0.4) is 0 Å². The molecule has 0 amide bonds. The average Bonchev–Trinajstić information content (AvgIpc) is 2.73. The Kier molecular flexibility index (Phi) is 4.36. The fraction of sp³-hybridized carbons (Fsp3) is 0.600. The lowest BCUT2D eigenvalue weighted by atomic mass is 9.94. The topological polar surface area (TPSA) is 21.3 Å². The molecule has 0 aliphatic carbocycles. The van der Waals surface area contributed by atoms with E-state index in [1.807, 2.05) is 12.1 Å². The van der Waals surface area contributed by atoms with Crippen molar-refractivity contribution >= 4 is 0 Å². The van der Waals surface area contributed by atoms with E-state index in [0.29, 0.717) is 12.0 Å². The normalized spacial score (nSPS) is 25.6. The van der Waals surface area contributed by atoms with Gasteiger partial charge in [0.1, 0.15) is 5.82 Å². The van der Waals surface area contributed by atoms with Gasteiger partial charge in [-0.05, 0) is 37.0 Å². The first-order valence-corrected chi connectivity index (χ1v) is 6.71. The Hall–Kier alpha value is -0.930. The Bertz CT molecular complexity index is 377. The molecule has 100 valence electrons. The summed E-state index contributed by atoms with van der Waals surface area (Å²) in [5.41, 5.74) is 1.14. The van der Waals surface area contributed by atoms with Gasteiger partial charge in [0.2, 0.25) is 0 Å². The lowest BCUT2D eigenvalue weighted by Gasteiger charge is -2.28. The van der Waals surface area contributed by atoms with Crippen LogP contribution in [0, 0.1) is 11.7 Å². The van der Waals surface area contributed by atoms with Crippen molar-refractivity contribution < 1.29 is 9.13 Å². The highest BCUT2D eigenvalue weighted by Gasteiger charge is 2.28. The zero-order valence-electron chi connectivity index (χ0n) is 11.3. The Morgan fingerprint density at radius 2 is 1.94 bits per heavy atom. The molecular formula is C15H22FNO. The van der Waals surface area contributed by atoms with E-state index in [1.54, 1.807) is 0 Å². The van der Waals surface area contributed by atoms with E-state index >= 15 is 0 Å². The second-order valence-electron chi connectivity index (χ2n) is 5.41. The third kappa shape index (κ3) is 3.09. The Morgan fingerprint density at radius 3 is 2.44 bits per heavy atom. The highest BCUT2D eigenvalue weighted by molar-refractivity contribution is 5.20. The molecule has 2 nitrogen and oxygen atoms in total. The molecule has 1 N–H and O–H groups in total. The van der Waals surface area contributed by atoms with Crippen molar-refractivity contribution in [3.8, 4) is 0 Å². The second kappa shape index (κ2) is 5.81. The van der Waals surface area contributed by atoms with Crippen molar-refractivity contribution in [1.29, 1.82) is 0 Å². The maximum atomic E-state index is 13.0. The van der Waals surface area contributed by atoms with Gasteiger partial charge in [-0.1, -0.05) is 26.0 Å². The molecule has 3 atom stereocenters. The van der Waals surface area contributed by atoms with Crippen LogP contribution >= 0.6 is 0 Å². The minimum atomic E-state index is -0.182. The quantitative estimate of drug-likeness (QED) is 0.886. The maximum absolute atomic E-state index is 13.0. The van der Waals surface area contributed by atoms with Gasteiger partial charge in [0, 0.05) is 18.7 Å². The molecule has 1 fully saturated rings. The predicted octanol–water partition coefficient (Wildman–Crippen LogP) is 3.29. The third-order valence-electron chi connectivity index (χ3n) is 3.67. The molecule has 0 bridgehead atoms. The predicted molar refractivity (Wildman–Crippen MR) is 70.9 cm³/mol. The lowest BCUT2D eigenvalue weighted by molar-refractivity contribution is 0.109. The van der Waals surface area contributed by atoms with Gasteiger partial charge in [0.15, 0.2) is 0 Å². The molecule has 1 aromatic carbocycles. The van der Waals surface area contributed by atoms with E-state index in [0.717, 1.165) is 18.6 Å². The van der Waals surface area contributed by atoms with Crippen LogP contribution in [0.1, 0.15) is 38.8 Å². The summed E-state index contributed by atoms with van der Waals surface area (Å²) in [5.74, 6) is 0.280. The number of rotatable bonds is 4. The van der Waals surface area contributed by atoms with Crippen LogP contribution in [0.2, 0.25) is 0 Å². The van der Waals surface area contributed by atoms with Crippen LogP contribution < -0.4 is 5.32 Å². The molecule has 3 heteroatoms. The van der Waals surface area contributed by atoms with Crippen LogP contribution in [0.25, 0.3) is 0 Å². The Morgan fingerprint density at radius 1 is 1.28 bits per heavy atom. The molecule has 1 aliphatic heterocycles. The number of ether oxygens (including phenoxy) is 1. The molecule has 0 spiro atoms. The van der Waals surface area contributed by atoms with Crippen molar-refractivity contribution in [2.24, 2.45) is 5.92 Å². The molecule has 1 aromatic rings. The second-order valence-corrected chi connectivity index (χ2v) is 5.41. The van der Waals surface area contributed by atoms with Crippen LogP contribution in [0.4, 0.5) is 4.39 Å². The summed E-state index contributed by atoms with van der Waals surface area (Å²) in [5, 5.41) is 3.65. The van der Waals surface area contributed by atoms with Crippen molar-refractivity contribution in [3.05, 3.63) is 35.6 Å². The largest absolute Gasteiger partial charge is 0.377 e. The van der Waals surface area contributed by atoms with E-state index in [2.05, 4.69) is 26.1 Å². The molecule has 1 aliphatic rings. The van der Waals surface area contributed by atoms with Gasteiger partial charge in [0.05, 0.1) is 6.10 Å². The summed E-state index contributed by atoms with van der Waals surface area (Å²) in [6, 6.07) is 7.44. The zero-order chi connectivity index (χ0) is 13.1. The van der Waals surface area contributed by atoms with Crippen LogP contribution in [-0.2, 0) is 4.74 Å². The van der Waals surface area contributed by atoms with Crippen LogP contribution in [-0.4, -0.2) is 18.8 Å². The molecular weight excluding hydrogens is 229 g/mol. The van der Waals surface area contributed by atoms with E-state index in [9.17, 15) is 4.39 Å². The lowest BCUT2D eigenvalue weighted by Crippen LogP contribution is -2.39. The molecule has 1 heterocycles. The third-order valence-corrected chi connectivity index (χ3v) is 3.67. The standard InChI is InChI=1S/C15H22FNO/c1-10(2)15(12-4-6-13(16)7-5-12)17-14-8-9-18-11(14)3/h4-7,10-11,14-15,17H,8-9H2,1-3H3. The molecule has 2 rings (SSSR count). The molecule has 3 unspecified atom stereocenters. The van der Waals surface area contributed by atoms with Crippen LogP contribution in [0.15, 0.2) is 24.3 Å². The molecule has 1 saturated heterocycles. The summed E-state index contributed by atoms with van der Waals surface area (Å²) < 4.78 is 18.6. The summed E-state index contributed by atoms with van der Waals surface area (Å²) in [4.78, 5) is 0. The maximum Gasteiger partial charge on any atom is 0.123 e. The van der Waals surface area contributed by atoms with E-state index in [4.69, 9.17) is 4.74 Å². The molecule has 0 radical (unpaired) electrons. The summed E-state index contributed by atoms with van der Waals surface area (Å²) >= 11 is 0. The fourth-order valence-electron chi connectivity index (χ4n) is 2.52. The molecule has 0 saturated carbocycles. The van der Waals surface area contributed by atoms with Crippen molar-refractivity contribution in [2.45, 2.75) is 45.4 Å². The minimum Gasteiger partial charge on any atom is -0.377 e. The van der Waals surface area contributed by atoms with Gasteiger partial charge in [-0.15, -0.1) is 0 Å². The summed E-state index contributed by atoms with van der Waals surface area (Å²) in [6.45, 7) is 7.29. The summed E-state index contributed by atoms with van der Waals surface area (Å²) in [7, 11) is 0. The van der Waals surface area contributed by atoms with Gasteiger partial charge in [-0.2, -0.15) is 0 Å². The number of hydrogen-bond acceptors (Lipinski definition) is 2. The van der Waals surface area contributed by atoms with Crippen molar-refractivity contribution in [1.82, 2.24) is 5.32 Å². The van der Waals surface area contributed by atoms with E-state index in [-0.39, 0.29) is 18.0 Å². The smallest absolute Gasteiger partial charge is 0.123 e. The van der Waals surface area contributed by atoms with E-state index in [1.165, 1.54) is 12.1 Å². The first-order valence-electron chi connectivity index (χ1n) is 6.71. The number of halogens is 1. The van der Waals surface area contributed by atoms with Gasteiger partial charge in [0.25, 0.3) is 0 Å². The highest BCUT2D eigenvalue weighted by Crippen LogP contribution is 2.25. The molecule has 18 heavy (non-hydrogen) atoms. The van der Waals surface area contributed by atoms with Gasteiger partial charge < -0.3 is 10.1 Å². The molecule has 0 aromatic heterocycles. The number of hydrogen-bond donors (Lipinski definition) is 1. The minimum absolute atomic E-state index is 0.182. The number of benzene rings is 1. The van der Waals surface area contributed by atoms with Gasteiger partial charge in [-0.25, -0.2) is 4.39 Å². The van der Waals surface area contributed by atoms with Crippen molar-refractivity contribution in [2.75, 3.05) is 6.61 Å². The monoisotopic (exact) mass is 251 g/mol. The van der Waals surface area contributed by atoms with Gasteiger partial charge >= 0.3 is 0 Å². The average molecular weight is 251 g/mol. The zero-order valence-corrected chi connectivity index (χ0v) is 11.3.